The zero-order valence-electron chi connectivity index (χ0n) is 16.6. The Morgan fingerprint density at radius 1 is 1.00 bits per heavy atom. The van der Waals surface area contributed by atoms with Crippen molar-refractivity contribution in [3.05, 3.63) is 59.2 Å². The molecule has 0 aliphatic rings. The minimum Gasteiger partial charge on any atom is -0.493 e. The topological polar surface area (TPSA) is 47.6 Å². The molecule has 1 N–H and O–H groups in total. The maximum absolute atomic E-state index is 12.7. The Kier molecular flexibility index (Phi) is 6.30. The Labute approximate surface area is 156 Å². The van der Waals surface area contributed by atoms with Crippen LogP contribution in [-0.2, 0) is 5.41 Å². The molecule has 26 heavy (non-hydrogen) atoms. The molecule has 2 aromatic carbocycles. The Balaban J connectivity index is 2.18. The molecule has 140 valence electrons. The first-order valence-electron chi connectivity index (χ1n) is 8.93. The summed E-state index contributed by atoms with van der Waals surface area (Å²) in [4.78, 5) is 12.7. The molecule has 0 saturated heterocycles. The molecule has 0 aliphatic heterocycles. The van der Waals surface area contributed by atoms with Gasteiger partial charge < -0.3 is 14.8 Å². The normalized spacial score (nSPS) is 12.4. The largest absolute Gasteiger partial charge is 0.493 e. The summed E-state index contributed by atoms with van der Waals surface area (Å²) in [5.41, 5.74) is 2.93. The van der Waals surface area contributed by atoms with Crippen LogP contribution in [-0.4, -0.2) is 20.1 Å². The standard InChI is InChI=1S/C22H29NO3/c1-7-18(16-10-13-19(25-5)20(14-16)26-6)23-21(24)15-8-11-17(12-9-15)22(2,3)4/h8-14,18H,7H2,1-6H3,(H,23,24)/t18-/m0/s1. The first-order valence-corrected chi connectivity index (χ1v) is 8.93. The molecule has 0 bridgehead atoms. The SMILES string of the molecule is CC[C@H](NC(=O)c1ccc(C(C)(C)C)cc1)c1ccc(OC)c(OC)c1. The summed E-state index contributed by atoms with van der Waals surface area (Å²) in [6, 6.07) is 13.5. The van der Waals surface area contributed by atoms with Crippen LogP contribution < -0.4 is 14.8 Å². The van der Waals surface area contributed by atoms with Gasteiger partial charge in [0.15, 0.2) is 11.5 Å². The van der Waals surface area contributed by atoms with Crippen LogP contribution in [0.5, 0.6) is 11.5 Å². The van der Waals surface area contributed by atoms with Crippen molar-refractivity contribution in [3.63, 3.8) is 0 Å². The van der Waals surface area contributed by atoms with Gasteiger partial charge in [-0.05, 0) is 47.2 Å². The third-order valence-corrected chi connectivity index (χ3v) is 4.54. The number of rotatable bonds is 6. The van der Waals surface area contributed by atoms with Crippen LogP contribution in [0.2, 0.25) is 0 Å². The van der Waals surface area contributed by atoms with Gasteiger partial charge in [-0.15, -0.1) is 0 Å². The fourth-order valence-corrected chi connectivity index (χ4v) is 2.85. The molecular weight excluding hydrogens is 326 g/mol. The summed E-state index contributed by atoms with van der Waals surface area (Å²) in [7, 11) is 3.22. The minimum atomic E-state index is -0.0930. The van der Waals surface area contributed by atoms with Crippen molar-refractivity contribution in [3.8, 4) is 11.5 Å². The van der Waals surface area contributed by atoms with Gasteiger partial charge in [0.1, 0.15) is 0 Å². The molecule has 0 saturated carbocycles. The van der Waals surface area contributed by atoms with E-state index >= 15 is 0 Å². The molecular formula is C22H29NO3. The molecule has 4 heteroatoms. The van der Waals surface area contributed by atoms with E-state index in [2.05, 4.69) is 26.1 Å². The van der Waals surface area contributed by atoms with Crippen LogP contribution in [0.3, 0.4) is 0 Å². The third kappa shape index (κ3) is 4.57. The van der Waals surface area contributed by atoms with E-state index < -0.39 is 0 Å². The molecule has 1 amide bonds. The van der Waals surface area contributed by atoms with Crippen LogP contribution >= 0.6 is 0 Å². The molecule has 2 rings (SSSR count). The minimum absolute atomic E-state index is 0.0700. The average molecular weight is 355 g/mol. The number of hydrogen-bond donors (Lipinski definition) is 1. The zero-order valence-corrected chi connectivity index (χ0v) is 16.6. The average Bonchev–Trinajstić information content (AvgIpc) is 2.64. The molecule has 0 unspecified atom stereocenters. The van der Waals surface area contributed by atoms with E-state index in [4.69, 9.17) is 9.47 Å². The highest BCUT2D eigenvalue weighted by Crippen LogP contribution is 2.31. The highest BCUT2D eigenvalue weighted by Gasteiger charge is 2.18. The van der Waals surface area contributed by atoms with Gasteiger partial charge in [0, 0.05) is 5.56 Å². The maximum atomic E-state index is 12.7. The zero-order chi connectivity index (χ0) is 19.3. The highest BCUT2D eigenvalue weighted by molar-refractivity contribution is 5.94. The summed E-state index contributed by atoms with van der Waals surface area (Å²) in [6.07, 6.45) is 0.779. The smallest absolute Gasteiger partial charge is 0.251 e. The Hall–Kier alpha value is -2.49. The van der Waals surface area contributed by atoms with E-state index in [0.29, 0.717) is 17.1 Å². The third-order valence-electron chi connectivity index (χ3n) is 4.54. The molecule has 2 aromatic rings. The predicted molar refractivity (Wildman–Crippen MR) is 105 cm³/mol. The lowest BCUT2D eigenvalue weighted by atomic mass is 9.86. The second kappa shape index (κ2) is 8.26. The van der Waals surface area contributed by atoms with Gasteiger partial charge in [0.05, 0.1) is 20.3 Å². The van der Waals surface area contributed by atoms with E-state index in [1.54, 1.807) is 14.2 Å². The number of benzene rings is 2. The van der Waals surface area contributed by atoms with Crippen molar-refractivity contribution in [2.75, 3.05) is 14.2 Å². The number of ether oxygens (including phenoxy) is 2. The Morgan fingerprint density at radius 3 is 2.12 bits per heavy atom. The number of nitrogens with one attached hydrogen (secondary N) is 1. The van der Waals surface area contributed by atoms with Gasteiger partial charge in [-0.3, -0.25) is 4.79 Å². The molecule has 4 nitrogen and oxygen atoms in total. The highest BCUT2D eigenvalue weighted by atomic mass is 16.5. The Morgan fingerprint density at radius 2 is 1.62 bits per heavy atom. The van der Waals surface area contributed by atoms with Crippen molar-refractivity contribution in [2.45, 2.75) is 45.6 Å². The van der Waals surface area contributed by atoms with Crippen molar-refractivity contribution >= 4 is 5.91 Å². The summed E-state index contributed by atoms with van der Waals surface area (Å²) in [5, 5.41) is 3.11. The van der Waals surface area contributed by atoms with Gasteiger partial charge >= 0.3 is 0 Å². The van der Waals surface area contributed by atoms with E-state index in [0.717, 1.165) is 12.0 Å². The number of methoxy groups -OCH3 is 2. The summed E-state index contributed by atoms with van der Waals surface area (Å²) < 4.78 is 10.6. The molecule has 0 heterocycles. The molecule has 0 aromatic heterocycles. The fourth-order valence-electron chi connectivity index (χ4n) is 2.85. The van der Waals surface area contributed by atoms with Crippen molar-refractivity contribution in [1.29, 1.82) is 0 Å². The molecule has 0 aliphatic carbocycles. The van der Waals surface area contributed by atoms with Crippen LogP contribution in [0.25, 0.3) is 0 Å². The molecule has 1 atom stereocenters. The summed E-state index contributed by atoms with van der Waals surface area (Å²) >= 11 is 0. The number of carbonyl (C=O) groups excluding carboxylic acids is 1. The van der Waals surface area contributed by atoms with Gasteiger partial charge in [-0.1, -0.05) is 45.9 Å². The van der Waals surface area contributed by atoms with Crippen LogP contribution in [0.1, 0.15) is 61.6 Å². The lowest BCUT2D eigenvalue weighted by Gasteiger charge is -2.21. The molecule has 0 spiro atoms. The number of carbonyl (C=O) groups is 1. The quantitative estimate of drug-likeness (QED) is 0.803. The van der Waals surface area contributed by atoms with Gasteiger partial charge in [-0.25, -0.2) is 0 Å². The first-order chi connectivity index (χ1) is 12.3. The van der Waals surface area contributed by atoms with Gasteiger partial charge in [0.25, 0.3) is 5.91 Å². The van der Waals surface area contributed by atoms with Crippen LogP contribution in [0.4, 0.5) is 0 Å². The predicted octanol–water partition coefficient (Wildman–Crippen LogP) is 4.88. The molecule has 0 fully saturated rings. The van der Waals surface area contributed by atoms with E-state index in [-0.39, 0.29) is 17.4 Å². The second-order valence-electron chi connectivity index (χ2n) is 7.38. The fraction of sp³-hybridized carbons (Fsp3) is 0.409. The van der Waals surface area contributed by atoms with Crippen molar-refractivity contribution < 1.29 is 14.3 Å². The van der Waals surface area contributed by atoms with Crippen LogP contribution in [0.15, 0.2) is 42.5 Å². The first kappa shape index (κ1) is 19.8. The van der Waals surface area contributed by atoms with Crippen molar-refractivity contribution in [1.82, 2.24) is 5.32 Å². The second-order valence-corrected chi connectivity index (χ2v) is 7.38. The summed E-state index contributed by atoms with van der Waals surface area (Å²) in [6.45, 7) is 8.52. The van der Waals surface area contributed by atoms with Crippen molar-refractivity contribution in [2.24, 2.45) is 0 Å². The Bertz CT molecular complexity index is 745. The lowest BCUT2D eigenvalue weighted by molar-refractivity contribution is 0.0935. The lowest BCUT2D eigenvalue weighted by Crippen LogP contribution is -2.28. The van der Waals surface area contributed by atoms with E-state index in [9.17, 15) is 4.79 Å². The monoisotopic (exact) mass is 355 g/mol. The van der Waals surface area contributed by atoms with Crippen LogP contribution in [0, 0.1) is 0 Å². The van der Waals surface area contributed by atoms with E-state index in [1.807, 2.05) is 49.4 Å². The van der Waals surface area contributed by atoms with E-state index in [1.165, 1.54) is 5.56 Å². The summed E-state index contributed by atoms with van der Waals surface area (Å²) in [5.74, 6) is 1.26. The maximum Gasteiger partial charge on any atom is 0.251 e. The van der Waals surface area contributed by atoms with Gasteiger partial charge in [-0.2, -0.15) is 0 Å². The number of hydrogen-bond acceptors (Lipinski definition) is 3. The van der Waals surface area contributed by atoms with Gasteiger partial charge in [0.2, 0.25) is 0 Å². The number of amides is 1. The molecule has 0 radical (unpaired) electrons.